The molecule has 6 aromatic rings. The van der Waals surface area contributed by atoms with Gasteiger partial charge in [-0.1, -0.05) is 104 Å². The summed E-state index contributed by atoms with van der Waals surface area (Å²) in [6, 6.07) is 28.8. The van der Waals surface area contributed by atoms with Crippen LogP contribution in [0.3, 0.4) is 0 Å². The molecule has 0 saturated carbocycles. The first-order chi connectivity index (χ1) is 25.6. The van der Waals surface area contributed by atoms with Gasteiger partial charge in [-0.15, -0.1) is 41.3 Å². The number of aromatic nitrogens is 4. The average Bonchev–Trinajstić information content (AvgIpc) is 3.63. The number of benzene rings is 3. The van der Waals surface area contributed by atoms with Crippen molar-refractivity contribution in [2.24, 2.45) is 17.8 Å². The Hall–Kier alpha value is -3.95. The number of hydrogen-bond donors (Lipinski definition) is 0. The second-order valence-electron chi connectivity index (χ2n) is 16.3. The number of aryl methyl sites for hydroxylation is 1. The minimum atomic E-state index is 0. The van der Waals surface area contributed by atoms with Gasteiger partial charge >= 0.3 is 21.1 Å². The van der Waals surface area contributed by atoms with E-state index in [4.69, 9.17) is 14.8 Å². The topological polar surface area (TPSA) is 44.9 Å². The Balaban J connectivity index is 0.00000497. The Morgan fingerprint density at radius 3 is 2.39 bits per heavy atom. The predicted molar refractivity (Wildman–Crippen MR) is 220 cm³/mol. The first-order valence-corrected chi connectivity index (χ1v) is 20.0. The van der Waals surface area contributed by atoms with E-state index in [1.165, 1.54) is 45.5 Å². The second kappa shape index (κ2) is 16.8. The maximum Gasteiger partial charge on any atom is 2.00 e. The fraction of sp³-hybridized carbons (Fsp3) is 0.417. The van der Waals surface area contributed by atoms with Crippen molar-refractivity contribution in [2.45, 2.75) is 113 Å². The minimum Gasteiger partial charge on any atom is -0.509 e. The maximum absolute atomic E-state index is 6.75. The number of fused-ring (bicyclic) bond motifs is 3. The van der Waals surface area contributed by atoms with E-state index in [9.17, 15) is 0 Å². The smallest absolute Gasteiger partial charge is 0.509 e. The van der Waals surface area contributed by atoms with E-state index in [0.717, 1.165) is 60.0 Å². The zero-order valence-electron chi connectivity index (χ0n) is 33.6. The van der Waals surface area contributed by atoms with E-state index < -0.39 is 0 Å². The van der Waals surface area contributed by atoms with Crippen LogP contribution in [0.1, 0.15) is 121 Å². The summed E-state index contributed by atoms with van der Waals surface area (Å²) in [6.07, 6.45) is 10.7. The van der Waals surface area contributed by atoms with Crippen molar-refractivity contribution >= 4 is 21.8 Å². The van der Waals surface area contributed by atoms with Crippen LogP contribution in [0.5, 0.6) is 11.5 Å². The van der Waals surface area contributed by atoms with E-state index >= 15 is 0 Å². The third-order valence-corrected chi connectivity index (χ3v) is 10.9. The summed E-state index contributed by atoms with van der Waals surface area (Å²) in [4.78, 5) is 4.85. The predicted octanol–water partition coefficient (Wildman–Crippen LogP) is 12.7. The van der Waals surface area contributed by atoms with Gasteiger partial charge in [0.15, 0.2) is 0 Å². The number of allylic oxidation sites excluding steroid dienone is 2. The van der Waals surface area contributed by atoms with E-state index in [-0.39, 0.29) is 21.1 Å². The van der Waals surface area contributed by atoms with Gasteiger partial charge in [0.2, 0.25) is 0 Å². The summed E-state index contributed by atoms with van der Waals surface area (Å²) in [7, 11) is 0. The van der Waals surface area contributed by atoms with Crippen LogP contribution in [0.15, 0.2) is 78.5 Å². The molecule has 3 aromatic carbocycles. The van der Waals surface area contributed by atoms with Crippen LogP contribution in [0.25, 0.3) is 33.3 Å². The molecule has 0 fully saturated rings. The molecule has 284 valence electrons. The molecule has 1 aliphatic carbocycles. The molecule has 3 heterocycles. The Labute approximate surface area is 337 Å². The van der Waals surface area contributed by atoms with Crippen molar-refractivity contribution in [3.63, 3.8) is 0 Å². The molecule has 0 bridgehead atoms. The number of rotatable bonds is 12. The third-order valence-electron chi connectivity index (χ3n) is 10.9. The monoisotopic (exact) mass is 899 g/mol. The van der Waals surface area contributed by atoms with Crippen molar-refractivity contribution < 1.29 is 25.8 Å². The number of hydrogen-bond acceptors (Lipinski definition) is 3. The van der Waals surface area contributed by atoms with Gasteiger partial charge in [-0.05, 0) is 91.1 Å². The van der Waals surface area contributed by atoms with Gasteiger partial charge in [0.05, 0.1) is 5.69 Å². The quantitative estimate of drug-likeness (QED) is 0.0908. The van der Waals surface area contributed by atoms with Gasteiger partial charge in [0.25, 0.3) is 0 Å². The fourth-order valence-electron chi connectivity index (χ4n) is 8.80. The van der Waals surface area contributed by atoms with Crippen molar-refractivity contribution in [2.75, 3.05) is 0 Å². The van der Waals surface area contributed by atoms with E-state index in [0.29, 0.717) is 41.1 Å². The Kier molecular flexibility index (Phi) is 12.4. The number of ether oxygens (including phenoxy) is 1. The minimum absolute atomic E-state index is 0. The molecule has 0 radical (unpaired) electrons. The molecule has 3 aromatic heterocycles. The number of para-hydroxylation sites is 1. The molecule has 0 amide bonds. The first-order valence-electron chi connectivity index (χ1n) is 20.0. The summed E-state index contributed by atoms with van der Waals surface area (Å²) < 4.78 is 11.2. The van der Waals surface area contributed by atoms with Crippen LogP contribution in [0, 0.1) is 29.9 Å². The van der Waals surface area contributed by atoms with Gasteiger partial charge in [0.1, 0.15) is 5.82 Å². The Morgan fingerprint density at radius 1 is 0.889 bits per heavy atom. The molecule has 3 atom stereocenters. The van der Waals surface area contributed by atoms with Crippen LogP contribution < -0.4 is 4.74 Å². The Bertz CT molecular complexity index is 2270. The summed E-state index contributed by atoms with van der Waals surface area (Å²) in [5, 5.41) is 7.71. The largest absolute Gasteiger partial charge is 2.00 e. The maximum atomic E-state index is 6.75. The van der Waals surface area contributed by atoms with Crippen LogP contribution in [0.2, 0.25) is 0 Å². The molecule has 54 heavy (non-hydrogen) atoms. The summed E-state index contributed by atoms with van der Waals surface area (Å²) in [5.41, 5.74) is 11.0. The van der Waals surface area contributed by atoms with Crippen molar-refractivity contribution in [3.05, 3.63) is 119 Å². The van der Waals surface area contributed by atoms with Crippen molar-refractivity contribution in [3.8, 4) is 23.0 Å². The standard InChI is InChI=1S/C48H56N4O.Pt/c1-10-14-42-48(47-33(8)23-32(7)24-34(47)9)44(15-11-2)52(50-42)37-26-36(31(5)6)27-39(28-37)53-38-18-19-41-40-16-12-13-17-43(40)51(45(41)29-38)46-25-35(20-21-49-46)22-30(3)4;/h12-13,16-21,23,25-27,30-32,34,47H,10-11,14-15,22,24H2,1-9H3;/q-2;+2/t32-,34-,47?;/m0./s1. The van der Waals surface area contributed by atoms with Gasteiger partial charge in [-0.3, -0.25) is 4.68 Å². The van der Waals surface area contributed by atoms with E-state index in [1.54, 1.807) is 0 Å². The molecule has 0 saturated heterocycles. The molecule has 1 aliphatic rings. The van der Waals surface area contributed by atoms with Gasteiger partial charge in [-0.2, -0.15) is 11.2 Å². The van der Waals surface area contributed by atoms with Crippen molar-refractivity contribution in [1.82, 2.24) is 19.3 Å². The molecular weight excluding hydrogens is 844 g/mol. The molecular formula is C48H56N4OPt. The molecule has 0 N–H and O–H groups in total. The van der Waals surface area contributed by atoms with Crippen LogP contribution in [-0.2, 0) is 40.3 Å². The van der Waals surface area contributed by atoms with Crippen LogP contribution >= 0.6 is 0 Å². The zero-order valence-corrected chi connectivity index (χ0v) is 35.8. The normalized spacial score (nSPS) is 17.4. The molecule has 7 rings (SSSR count). The van der Waals surface area contributed by atoms with Gasteiger partial charge in [0, 0.05) is 40.4 Å². The van der Waals surface area contributed by atoms with Crippen LogP contribution in [-0.4, -0.2) is 19.3 Å². The number of nitrogens with zero attached hydrogens (tertiary/aromatic N) is 4. The van der Waals surface area contributed by atoms with Gasteiger partial charge in [-0.25, -0.2) is 4.98 Å². The zero-order chi connectivity index (χ0) is 37.4. The SMILES string of the molecule is CCCc1nn(-c2[c-]c(Oc3[c-]c4c(cc3)c3ccccc3n4-c3cc(CC(C)C)ccn3)cc(C(C)C)c2)c(CCC)c1C1C(C)=C[C@H](C)C[C@@H]1C.[Pt+2]. The molecule has 6 heteroatoms. The van der Waals surface area contributed by atoms with E-state index in [2.05, 4.69) is 144 Å². The fourth-order valence-corrected chi connectivity index (χ4v) is 8.80. The summed E-state index contributed by atoms with van der Waals surface area (Å²) in [6.45, 7) is 20.6. The second-order valence-corrected chi connectivity index (χ2v) is 16.3. The molecule has 0 aliphatic heterocycles. The third kappa shape index (κ3) is 7.90. The molecule has 5 nitrogen and oxygen atoms in total. The molecule has 0 spiro atoms. The Morgan fingerprint density at radius 2 is 1.67 bits per heavy atom. The van der Waals surface area contributed by atoms with Gasteiger partial charge < -0.3 is 9.30 Å². The summed E-state index contributed by atoms with van der Waals surface area (Å²) in [5.74, 6) is 4.64. The van der Waals surface area contributed by atoms with E-state index in [1.807, 2.05) is 12.3 Å². The van der Waals surface area contributed by atoms with Crippen molar-refractivity contribution in [1.29, 1.82) is 0 Å². The van der Waals surface area contributed by atoms with Crippen LogP contribution in [0.4, 0.5) is 0 Å². The number of pyridine rings is 1. The average molecular weight is 900 g/mol. The molecule has 1 unspecified atom stereocenters. The summed E-state index contributed by atoms with van der Waals surface area (Å²) >= 11 is 0. The first kappa shape index (κ1) is 39.7.